The maximum absolute atomic E-state index is 11.5. The van der Waals surface area contributed by atoms with Crippen molar-refractivity contribution in [3.05, 3.63) is 23.9 Å². The molecule has 4 N–H and O–H groups in total. The summed E-state index contributed by atoms with van der Waals surface area (Å²) >= 11 is 0. The maximum atomic E-state index is 11.5. The minimum absolute atomic E-state index is 0.0346. The number of fused-ring (bicyclic) bond motifs is 1. The quantitative estimate of drug-likeness (QED) is 0.727. The minimum Gasteiger partial charge on any atom is -0.474 e. The van der Waals surface area contributed by atoms with Crippen LogP contribution in [0, 0.1) is 0 Å². The van der Waals surface area contributed by atoms with Gasteiger partial charge in [0.1, 0.15) is 11.9 Å². The molecule has 9 nitrogen and oxygen atoms in total. The Balaban J connectivity index is 1.71. The molecule has 3 heterocycles. The second-order valence-electron chi connectivity index (χ2n) is 7.76. The van der Waals surface area contributed by atoms with E-state index in [0.29, 0.717) is 35.6 Å². The van der Waals surface area contributed by atoms with Crippen LogP contribution in [0.2, 0.25) is 0 Å². The second-order valence-corrected chi connectivity index (χ2v) is 9.37. The van der Waals surface area contributed by atoms with Gasteiger partial charge in [-0.3, -0.25) is 4.98 Å². The highest BCUT2D eigenvalue weighted by Crippen LogP contribution is 2.31. The van der Waals surface area contributed by atoms with E-state index in [2.05, 4.69) is 9.88 Å². The average molecular weight is 422 g/mol. The zero-order valence-electron chi connectivity index (χ0n) is 16.3. The van der Waals surface area contributed by atoms with E-state index in [1.807, 2.05) is 6.07 Å². The Morgan fingerprint density at radius 3 is 2.59 bits per heavy atom. The highest BCUT2D eigenvalue weighted by Gasteiger charge is 2.23. The third kappa shape index (κ3) is 5.13. The molecule has 1 aliphatic carbocycles. The fourth-order valence-corrected chi connectivity index (χ4v) is 4.47. The molecule has 2 aliphatic rings. The van der Waals surface area contributed by atoms with Crippen molar-refractivity contribution in [2.45, 2.75) is 43.6 Å². The summed E-state index contributed by atoms with van der Waals surface area (Å²) in [5, 5.41) is 5.89. The largest absolute Gasteiger partial charge is 0.474 e. The van der Waals surface area contributed by atoms with Crippen molar-refractivity contribution in [2.75, 3.05) is 31.2 Å². The van der Waals surface area contributed by atoms with Crippen LogP contribution in [0.5, 0.6) is 5.88 Å². The van der Waals surface area contributed by atoms with Gasteiger partial charge in [0.25, 0.3) is 0 Å². The van der Waals surface area contributed by atoms with E-state index in [1.54, 1.807) is 12.3 Å². The van der Waals surface area contributed by atoms with Crippen LogP contribution in [-0.2, 0) is 20.5 Å². The standard InChI is InChI=1S/C19H27N5O4S/c20-14-1-3-15(4-2-14)28-19-16-9-13(12-29(21,25)26)11-22-17(16)10-18(23-19)24-5-7-27-8-6-24/h9-11,14-15H,1-8,12,20H2,(H2,21,25,26). The first kappa shape index (κ1) is 20.3. The topological polar surface area (TPSA) is 134 Å². The molecular formula is C19H27N5O4S. The molecule has 0 bridgehead atoms. The number of nitrogens with zero attached hydrogens (tertiary/aromatic N) is 3. The van der Waals surface area contributed by atoms with Crippen LogP contribution >= 0.6 is 0 Å². The zero-order valence-corrected chi connectivity index (χ0v) is 17.1. The molecule has 10 heteroatoms. The highest BCUT2D eigenvalue weighted by molar-refractivity contribution is 7.88. The lowest BCUT2D eigenvalue weighted by molar-refractivity contribution is 0.122. The maximum Gasteiger partial charge on any atom is 0.225 e. The summed E-state index contributed by atoms with van der Waals surface area (Å²) in [5.41, 5.74) is 7.23. The third-order valence-corrected chi connectivity index (χ3v) is 6.12. The van der Waals surface area contributed by atoms with Gasteiger partial charge in [0.15, 0.2) is 0 Å². The Kier molecular flexibility index (Phi) is 5.86. The molecule has 0 radical (unpaired) electrons. The number of pyridine rings is 2. The first-order valence-electron chi connectivity index (χ1n) is 9.92. The summed E-state index contributed by atoms with van der Waals surface area (Å²) < 4.78 is 34.7. The predicted molar refractivity (Wildman–Crippen MR) is 110 cm³/mol. The molecule has 4 rings (SSSR count). The summed E-state index contributed by atoms with van der Waals surface area (Å²) in [6.07, 6.45) is 5.15. The monoisotopic (exact) mass is 421 g/mol. The molecule has 2 aromatic rings. The summed E-state index contributed by atoms with van der Waals surface area (Å²) in [6, 6.07) is 3.89. The van der Waals surface area contributed by atoms with Gasteiger partial charge in [-0.25, -0.2) is 13.6 Å². The van der Waals surface area contributed by atoms with Crippen LogP contribution in [-0.4, -0.2) is 56.8 Å². The van der Waals surface area contributed by atoms with Crippen LogP contribution in [0.4, 0.5) is 5.82 Å². The number of anilines is 1. The number of hydrogen-bond donors (Lipinski definition) is 2. The van der Waals surface area contributed by atoms with E-state index in [-0.39, 0.29) is 17.9 Å². The van der Waals surface area contributed by atoms with E-state index >= 15 is 0 Å². The molecule has 0 atom stereocenters. The van der Waals surface area contributed by atoms with E-state index < -0.39 is 10.0 Å². The second kappa shape index (κ2) is 8.39. The molecule has 1 saturated heterocycles. The molecule has 1 aliphatic heterocycles. The van der Waals surface area contributed by atoms with Gasteiger partial charge in [-0.2, -0.15) is 4.98 Å². The number of nitrogens with two attached hydrogens (primary N) is 2. The number of sulfonamides is 1. The predicted octanol–water partition coefficient (Wildman–Crippen LogP) is 0.904. The number of hydrogen-bond acceptors (Lipinski definition) is 8. The number of aromatic nitrogens is 2. The van der Waals surface area contributed by atoms with E-state index in [4.69, 9.17) is 25.3 Å². The summed E-state index contributed by atoms with van der Waals surface area (Å²) in [7, 11) is -3.65. The number of ether oxygens (including phenoxy) is 2. The van der Waals surface area contributed by atoms with Crippen molar-refractivity contribution in [3.63, 3.8) is 0 Å². The van der Waals surface area contributed by atoms with E-state index in [9.17, 15) is 8.42 Å². The van der Waals surface area contributed by atoms with Gasteiger partial charge < -0.3 is 20.1 Å². The smallest absolute Gasteiger partial charge is 0.225 e. The van der Waals surface area contributed by atoms with Crippen molar-refractivity contribution in [2.24, 2.45) is 10.9 Å². The SMILES string of the molecule is NC1CCC(Oc2nc(N3CCOCC3)cc3ncc(CS(N)(=O)=O)cc23)CC1. The van der Waals surface area contributed by atoms with Crippen LogP contribution < -0.4 is 20.5 Å². The molecule has 1 saturated carbocycles. The number of morpholine rings is 1. The number of primary sulfonamides is 1. The lowest BCUT2D eigenvalue weighted by Crippen LogP contribution is -2.37. The summed E-state index contributed by atoms with van der Waals surface area (Å²) in [6.45, 7) is 2.80. The Morgan fingerprint density at radius 1 is 1.17 bits per heavy atom. The molecular weight excluding hydrogens is 394 g/mol. The Labute approximate surface area is 170 Å². The molecule has 2 aromatic heterocycles. The molecule has 158 valence electrons. The normalized spacial score (nSPS) is 23.3. The highest BCUT2D eigenvalue weighted by atomic mass is 32.2. The van der Waals surface area contributed by atoms with Gasteiger partial charge in [0.2, 0.25) is 15.9 Å². The van der Waals surface area contributed by atoms with Crippen molar-refractivity contribution < 1.29 is 17.9 Å². The van der Waals surface area contributed by atoms with Crippen molar-refractivity contribution in [1.82, 2.24) is 9.97 Å². The molecule has 2 fully saturated rings. The lowest BCUT2D eigenvalue weighted by atomic mass is 9.94. The zero-order chi connectivity index (χ0) is 20.4. The molecule has 0 unspecified atom stereocenters. The minimum atomic E-state index is -3.65. The first-order chi connectivity index (χ1) is 13.9. The fourth-order valence-electron chi connectivity index (χ4n) is 3.84. The molecule has 0 aromatic carbocycles. The van der Waals surface area contributed by atoms with Crippen molar-refractivity contribution in [1.29, 1.82) is 0 Å². The van der Waals surface area contributed by atoms with Gasteiger partial charge in [0, 0.05) is 31.4 Å². The molecule has 0 spiro atoms. The molecule has 29 heavy (non-hydrogen) atoms. The number of rotatable bonds is 5. The van der Waals surface area contributed by atoms with Crippen LogP contribution in [0.1, 0.15) is 31.2 Å². The third-order valence-electron chi connectivity index (χ3n) is 5.39. The summed E-state index contributed by atoms with van der Waals surface area (Å²) in [5.74, 6) is 0.988. The van der Waals surface area contributed by atoms with Crippen LogP contribution in [0.3, 0.4) is 0 Å². The van der Waals surface area contributed by atoms with Crippen LogP contribution in [0.15, 0.2) is 18.3 Å². The Hall–Kier alpha value is -2.01. The van der Waals surface area contributed by atoms with Crippen molar-refractivity contribution >= 4 is 26.7 Å². The summed E-state index contributed by atoms with van der Waals surface area (Å²) in [4.78, 5) is 11.4. The van der Waals surface area contributed by atoms with E-state index in [1.165, 1.54) is 0 Å². The Morgan fingerprint density at radius 2 is 1.90 bits per heavy atom. The van der Waals surface area contributed by atoms with E-state index in [0.717, 1.165) is 44.6 Å². The first-order valence-corrected chi connectivity index (χ1v) is 11.6. The molecule has 0 amide bonds. The average Bonchev–Trinajstić information content (AvgIpc) is 2.69. The van der Waals surface area contributed by atoms with Gasteiger partial charge in [-0.1, -0.05) is 0 Å². The van der Waals surface area contributed by atoms with Crippen LogP contribution in [0.25, 0.3) is 10.9 Å². The van der Waals surface area contributed by atoms with Gasteiger partial charge in [0.05, 0.1) is 29.9 Å². The lowest BCUT2D eigenvalue weighted by Gasteiger charge is -2.30. The van der Waals surface area contributed by atoms with Gasteiger partial charge >= 0.3 is 0 Å². The van der Waals surface area contributed by atoms with Crippen molar-refractivity contribution in [3.8, 4) is 5.88 Å². The fraction of sp³-hybridized carbons (Fsp3) is 0.579. The Bertz CT molecular complexity index is 970. The van der Waals surface area contributed by atoms with Gasteiger partial charge in [-0.15, -0.1) is 0 Å². The van der Waals surface area contributed by atoms with Gasteiger partial charge in [-0.05, 0) is 37.3 Å².